The van der Waals surface area contributed by atoms with E-state index in [0.29, 0.717) is 51.7 Å². The van der Waals surface area contributed by atoms with Gasteiger partial charge < -0.3 is 14.5 Å². The van der Waals surface area contributed by atoms with Gasteiger partial charge in [0.25, 0.3) is 0 Å². The number of nitrogens with zero attached hydrogens (tertiary/aromatic N) is 3. The van der Waals surface area contributed by atoms with E-state index in [0.717, 1.165) is 11.8 Å². The van der Waals surface area contributed by atoms with Crippen LogP contribution in [-0.4, -0.2) is 39.0 Å². The molecule has 0 bridgehead atoms. The van der Waals surface area contributed by atoms with E-state index < -0.39 is 5.97 Å². The van der Waals surface area contributed by atoms with Crippen LogP contribution in [0.3, 0.4) is 0 Å². The fourth-order valence-corrected chi connectivity index (χ4v) is 4.25. The molecule has 10 heteroatoms. The van der Waals surface area contributed by atoms with E-state index in [-0.39, 0.29) is 11.7 Å². The molecule has 0 aliphatic carbocycles. The molecule has 8 nitrogen and oxygen atoms in total. The first kappa shape index (κ1) is 24.6. The van der Waals surface area contributed by atoms with Crippen molar-refractivity contribution in [3.8, 4) is 11.6 Å². The van der Waals surface area contributed by atoms with Crippen molar-refractivity contribution in [2.45, 2.75) is 25.0 Å². The van der Waals surface area contributed by atoms with Gasteiger partial charge in [0.1, 0.15) is 5.58 Å². The lowest BCUT2D eigenvalue weighted by Crippen LogP contribution is -2.15. The number of rotatable bonds is 10. The molecule has 0 fully saturated rings. The Bertz CT molecular complexity index is 1380. The molecule has 0 unspecified atom stereocenters. The largest absolute Gasteiger partial charge is 0.462 e. The molecule has 1 N–H and O–H groups in total. The van der Waals surface area contributed by atoms with Crippen LogP contribution in [0, 0.1) is 0 Å². The Morgan fingerprint density at radius 1 is 1.23 bits per heavy atom. The summed E-state index contributed by atoms with van der Waals surface area (Å²) in [5.41, 5.74) is 1.58. The summed E-state index contributed by atoms with van der Waals surface area (Å²) in [5.74, 6) is 0.491. The van der Waals surface area contributed by atoms with Gasteiger partial charge in [-0.25, -0.2) is 4.79 Å². The van der Waals surface area contributed by atoms with Crippen molar-refractivity contribution >= 4 is 51.9 Å². The highest BCUT2D eigenvalue weighted by molar-refractivity contribution is 7.99. The van der Waals surface area contributed by atoms with E-state index in [1.807, 2.05) is 23.6 Å². The Kier molecular flexibility index (Phi) is 7.89. The van der Waals surface area contributed by atoms with Gasteiger partial charge in [0.15, 0.2) is 10.9 Å². The van der Waals surface area contributed by atoms with Crippen molar-refractivity contribution in [3.63, 3.8) is 0 Å². The lowest BCUT2D eigenvalue weighted by atomic mass is 10.2. The summed E-state index contributed by atoms with van der Waals surface area (Å²) in [6, 6.07) is 13.9. The van der Waals surface area contributed by atoms with Gasteiger partial charge in [-0.2, -0.15) is 0 Å². The van der Waals surface area contributed by atoms with Gasteiger partial charge in [0.2, 0.25) is 11.7 Å². The Morgan fingerprint density at radius 3 is 2.89 bits per heavy atom. The van der Waals surface area contributed by atoms with Crippen LogP contribution in [0.15, 0.2) is 70.8 Å². The molecule has 0 spiro atoms. The van der Waals surface area contributed by atoms with E-state index in [1.54, 1.807) is 42.5 Å². The SMILES string of the molecule is C=CCn1c(SCC(=O)Nc2cccc(C(=O)OCCC)c2)nnc1-c1cc2cc(Cl)ccc2o1. The van der Waals surface area contributed by atoms with Crippen molar-refractivity contribution in [3.05, 3.63) is 71.8 Å². The van der Waals surface area contributed by atoms with Gasteiger partial charge in [-0.15, -0.1) is 16.8 Å². The summed E-state index contributed by atoms with van der Waals surface area (Å²) in [6.45, 7) is 6.52. The summed E-state index contributed by atoms with van der Waals surface area (Å²) in [4.78, 5) is 24.6. The minimum atomic E-state index is -0.421. The number of thioether (sulfide) groups is 1. The fourth-order valence-electron chi connectivity index (χ4n) is 3.33. The number of fused-ring (bicyclic) bond motifs is 1. The smallest absolute Gasteiger partial charge is 0.338 e. The lowest BCUT2D eigenvalue weighted by Gasteiger charge is -2.08. The van der Waals surface area contributed by atoms with E-state index in [4.69, 9.17) is 20.8 Å². The fraction of sp³-hybridized carbons (Fsp3) is 0.200. The second-order valence-electron chi connectivity index (χ2n) is 7.55. The standard InChI is InChI=1S/C25H23ClN4O4S/c1-3-10-30-23(21-14-17-12-18(26)8-9-20(17)34-21)28-29-25(30)35-15-22(31)27-19-7-5-6-16(13-19)24(32)33-11-4-2/h3,5-9,12-14H,1,4,10-11,15H2,2H3,(H,27,31). The number of allylic oxidation sites excluding steroid dienone is 1. The number of nitrogens with one attached hydrogen (secondary N) is 1. The average molecular weight is 511 g/mol. The van der Waals surface area contributed by atoms with Gasteiger partial charge in [-0.1, -0.05) is 42.4 Å². The number of benzene rings is 2. The van der Waals surface area contributed by atoms with Crippen molar-refractivity contribution in [1.29, 1.82) is 0 Å². The summed E-state index contributed by atoms with van der Waals surface area (Å²) < 4.78 is 12.9. The average Bonchev–Trinajstić information content (AvgIpc) is 3.45. The van der Waals surface area contributed by atoms with E-state index in [9.17, 15) is 9.59 Å². The Balaban J connectivity index is 1.45. The van der Waals surface area contributed by atoms with Crippen LogP contribution in [0.1, 0.15) is 23.7 Å². The normalized spacial score (nSPS) is 10.9. The van der Waals surface area contributed by atoms with Gasteiger partial charge in [0, 0.05) is 22.6 Å². The van der Waals surface area contributed by atoms with E-state index in [2.05, 4.69) is 22.1 Å². The molecule has 0 saturated heterocycles. The first-order valence-corrected chi connectivity index (χ1v) is 12.3. The highest BCUT2D eigenvalue weighted by atomic mass is 35.5. The number of anilines is 1. The maximum absolute atomic E-state index is 12.6. The topological polar surface area (TPSA) is 99.2 Å². The molecule has 0 radical (unpaired) electrons. The van der Waals surface area contributed by atoms with Crippen LogP contribution in [-0.2, 0) is 16.1 Å². The van der Waals surface area contributed by atoms with Crippen LogP contribution < -0.4 is 5.32 Å². The number of ether oxygens (including phenoxy) is 1. The number of aromatic nitrogens is 3. The predicted molar refractivity (Wildman–Crippen MR) is 137 cm³/mol. The van der Waals surface area contributed by atoms with Crippen LogP contribution in [0.2, 0.25) is 5.02 Å². The van der Waals surface area contributed by atoms with Gasteiger partial charge >= 0.3 is 5.97 Å². The first-order chi connectivity index (χ1) is 17.0. The summed E-state index contributed by atoms with van der Waals surface area (Å²) >= 11 is 7.32. The molecule has 0 aliphatic rings. The van der Waals surface area contributed by atoms with E-state index >= 15 is 0 Å². The number of hydrogen-bond acceptors (Lipinski definition) is 7. The summed E-state index contributed by atoms with van der Waals surface area (Å²) in [7, 11) is 0. The zero-order valence-corrected chi connectivity index (χ0v) is 20.6. The number of hydrogen-bond donors (Lipinski definition) is 1. The molecular formula is C25H23ClN4O4S. The van der Waals surface area contributed by atoms with Crippen molar-refractivity contribution < 1.29 is 18.7 Å². The molecule has 4 rings (SSSR count). The zero-order chi connectivity index (χ0) is 24.8. The second kappa shape index (κ2) is 11.2. The van der Waals surface area contributed by atoms with Crippen molar-refractivity contribution in [2.75, 3.05) is 17.7 Å². The summed E-state index contributed by atoms with van der Waals surface area (Å²) in [5, 5.41) is 13.3. The van der Waals surface area contributed by atoms with Crippen molar-refractivity contribution in [1.82, 2.24) is 14.8 Å². The third-order valence-corrected chi connectivity index (χ3v) is 6.08. The molecule has 0 aliphatic heterocycles. The number of carbonyl (C=O) groups excluding carboxylic acids is 2. The minimum absolute atomic E-state index is 0.0928. The number of amides is 1. The van der Waals surface area contributed by atoms with Crippen LogP contribution >= 0.6 is 23.4 Å². The molecule has 35 heavy (non-hydrogen) atoms. The van der Waals surface area contributed by atoms with Crippen LogP contribution in [0.5, 0.6) is 0 Å². The Morgan fingerprint density at radius 2 is 2.09 bits per heavy atom. The lowest BCUT2D eigenvalue weighted by molar-refractivity contribution is -0.113. The quantitative estimate of drug-likeness (QED) is 0.163. The van der Waals surface area contributed by atoms with Crippen LogP contribution in [0.4, 0.5) is 5.69 Å². The molecule has 2 aromatic carbocycles. The monoisotopic (exact) mass is 510 g/mol. The highest BCUT2D eigenvalue weighted by Crippen LogP contribution is 2.30. The zero-order valence-electron chi connectivity index (χ0n) is 19.0. The Labute approximate surface area is 211 Å². The minimum Gasteiger partial charge on any atom is -0.462 e. The maximum atomic E-state index is 12.6. The summed E-state index contributed by atoms with van der Waals surface area (Å²) in [6.07, 6.45) is 2.46. The molecular weight excluding hydrogens is 488 g/mol. The predicted octanol–water partition coefficient (Wildman–Crippen LogP) is 5.83. The highest BCUT2D eigenvalue weighted by Gasteiger charge is 2.18. The Hall–Kier alpha value is -3.56. The van der Waals surface area contributed by atoms with Crippen LogP contribution in [0.25, 0.3) is 22.6 Å². The third kappa shape index (κ3) is 5.93. The molecule has 0 atom stereocenters. The molecule has 180 valence electrons. The van der Waals surface area contributed by atoms with Gasteiger partial charge in [-0.3, -0.25) is 9.36 Å². The first-order valence-electron chi connectivity index (χ1n) is 10.9. The van der Waals surface area contributed by atoms with Gasteiger partial charge in [-0.05, 0) is 48.9 Å². The van der Waals surface area contributed by atoms with E-state index in [1.165, 1.54) is 11.8 Å². The number of esters is 1. The van der Waals surface area contributed by atoms with Gasteiger partial charge in [0.05, 0.1) is 17.9 Å². The number of halogens is 1. The number of carbonyl (C=O) groups is 2. The molecule has 0 saturated carbocycles. The third-order valence-electron chi connectivity index (χ3n) is 4.88. The molecule has 1 amide bonds. The molecule has 2 aromatic heterocycles. The molecule has 2 heterocycles. The molecule has 4 aromatic rings. The second-order valence-corrected chi connectivity index (χ2v) is 8.93. The maximum Gasteiger partial charge on any atom is 0.338 e. The number of furan rings is 1. The van der Waals surface area contributed by atoms with Crippen molar-refractivity contribution in [2.24, 2.45) is 0 Å².